The molecule has 0 saturated heterocycles. The Labute approximate surface area is 135 Å². The summed E-state index contributed by atoms with van der Waals surface area (Å²) >= 11 is 0. The van der Waals surface area contributed by atoms with Gasteiger partial charge in [0.25, 0.3) is 0 Å². The molecule has 3 rings (SSSR count). The number of hydrogen-bond donors (Lipinski definition) is 0. The number of azo groups is 1. The monoisotopic (exact) mass is 330 g/mol. The maximum Gasteiger partial charge on any atom is 0.311 e. The Bertz CT molecular complexity index is 937. The Balaban J connectivity index is 2.09. The molecular weight excluding hydrogens is 318 g/mol. The van der Waals surface area contributed by atoms with E-state index in [0.29, 0.717) is 5.65 Å². The first-order chi connectivity index (χ1) is 11.6. The topological polar surface area (TPSA) is 68.3 Å². The highest BCUT2D eigenvalue weighted by Crippen LogP contribution is 2.26. The van der Waals surface area contributed by atoms with Gasteiger partial charge in [0, 0.05) is 6.20 Å². The molecular formula is C16H12F2N4O2. The van der Waals surface area contributed by atoms with Gasteiger partial charge in [-0.2, -0.15) is 0 Å². The van der Waals surface area contributed by atoms with E-state index in [2.05, 4.69) is 19.9 Å². The normalized spacial score (nSPS) is 11.3. The maximum atomic E-state index is 13.7. The van der Waals surface area contributed by atoms with Crippen LogP contribution in [0, 0.1) is 11.6 Å². The number of hydrogen-bond acceptors (Lipinski definition) is 5. The summed E-state index contributed by atoms with van der Waals surface area (Å²) in [5, 5.41) is 7.80. The van der Waals surface area contributed by atoms with Crippen LogP contribution in [0.15, 0.2) is 52.8 Å². The Morgan fingerprint density at radius 3 is 2.75 bits per heavy atom. The number of nitrogens with zero attached hydrogens (tertiary/aromatic N) is 4. The number of aromatic nitrogens is 2. The van der Waals surface area contributed by atoms with E-state index in [1.165, 1.54) is 48.0 Å². The van der Waals surface area contributed by atoms with Crippen molar-refractivity contribution in [3.63, 3.8) is 0 Å². The minimum absolute atomic E-state index is 0.0212. The Hall–Kier alpha value is -3.16. The van der Waals surface area contributed by atoms with E-state index in [1.54, 1.807) is 6.07 Å². The number of methoxy groups -OCH3 is 1. The van der Waals surface area contributed by atoms with Crippen LogP contribution in [-0.4, -0.2) is 22.5 Å². The number of rotatable bonds is 4. The molecule has 0 radical (unpaired) electrons. The predicted octanol–water partition coefficient (Wildman–Crippen LogP) is 3.74. The summed E-state index contributed by atoms with van der Waals surface area (Å²) in [6, 6.07) is 8.52. The molecule has 0 spiro atoms. The van der Waals surface area contributed by atoms with Crippen molar-refractivity contribution in [2.75, 3.05) is 7.11 Å². The van der Waals surface area contributed by atoms with E-state index >= 15 is 0 Å². The van der Waals surface area contributed by atoms with Gasteiger partial charge in [-0.15, -0.1) is 10.2 Å². The van der Waals surface area contributed by atoms with E-state index in [-0.39, 0.29) is 23.6 Å². The highest BCUT2D eigenvalue weighted by atomic mass is 19.1. The molecule has 0 atom stereocenters. The zero-order valence-corrected chi connectivity index (χ0v) is 12.6. The second-order valence-electron chi connectivity index (χ2n) is 4.86. The number of carbonyl (C=O) groups excluding carboxylic acids is 1. The molecule has 0 aliphatic carbocycles. The third-order valence-electron chi connectivity index (χ3n) is 3.27. The number of imidazole rings is 1. The number of halogens is 2. The molecule has 0 amide bonds. The van der Waals surface area contributed by atoms with Crippen LogP contribution in [0.3, 0.4) is 0 Å². The van der Waals surface area contributed by atoms with Gasteiger partial charge in [-0.25, -0.2) is 13.8 Å². The van der Waals surface area contributed by atoms with Gasteiger partial charge in [-0.1, -0.05) is 12.1 Å². The highest BCUT2D eigenvalue weighted by molar-refractivity contribution is 5.74. The molecule has 0 bridgehead atoms. The average Bonchev–Trinajstić information content (AvgIpc) is 2.90. The lowest BCUT2D eigenvalue weighted by Crippen LogP contribution is -2.04. The van der Waals surface area contributed by atoms with Crippen molar-refractivity contribution < 1.29 is 18.3 Å². The molecule has 0 aliphatic rings. The van der Waals surface area contributed by atoms with Crippen molar-refractivity contribution in [3.05, 3.63) is 59.9 Å². The van der Waals surface area contributed by atoms with E-state index in [1.807, 2.05) is 0 Å². The smallest absolute Gasteiger partial charge is 0.311 e. The van der Waals surface area contributed by atoms with Gasteiger partial charge in [-0.3, -0.25) is 9.20 Å². The van der Waals surface area contributed by atoms with Crippen LogP contribution < -0.4 is 0 Å². The lowest BCUT2D eigenvalue weighted by molar-refractivity contribution is -0.139. The number of fused-ring (bicyclic) bond motifs is 1. The number of benzene rings is 1. The van der Waals surface area contributed by atoms with Gasteiger partial charge < -0.3 is 4.74 Å². The molecule has 8 heteroatoms. The van der Waals surface area contributed by atoms with E-state index in [4.69, 9.17) is 0 Å². The van der Waals surface area contributed by atoms with Crippen molar-refractivity contribution in [2.24, 2.45) is 10.2 Å². The molecule has 2 heterocycles. The zero-order chi connectivity index (χ0) is 17.1. The summed E-state index contributed by atoms with van der Waals surface area (Å²) in [5.41, 5.74) is 0.665. The fourth-order valence-electron chi connectivity index (χ4n) is 2.12. The van der Waals surface area contributed by atoms with Gasteiger partial charge >= 0.3 is 5.97 Å². The summed E-state index contributed by atoms with van der Waals surface area (Å²) < 4.78 is 33.1. The second-order valence-corrected chi connectivity index (χ2v) is 4.86. The fourth-order valence-corrected chi connectivity index (χ4v) is 2.12. The second kappa shape index (κ2) is 6.53. The van der Waals surface area contributed by atoms with E-state index < -0.39 is 17.6 Å². The Morgan fingerprint density at radius 2 is 2.00 bits per heavy atom. The van der Waals surface area contributed by atoms with Crippen LogP contribution in [0.1, 0.15) is 5.69 Å². The quantitative estimate of drug-likeness (QED) is 0.540. The van der Waals surface area contributed by atoms with Gasteiger partial charge in [0.2, 0.25) is 0 Å². The van der Waals surface area contributed by atoms with Crippen molar-refractivity contribution in [1.29, 1.82) is 0 Å². The third kappa shape index (κ3) is 3.12. The SMILES string of the molecule is COC(=O)Cc1nc2ccc(F)cn2c1N=Nc1ccccc1F. The van der Waals surface area contributed by atoms with Crippen LogP contribution >= 0.6 is 0 Å². The van der Waals surface area contributed by atoms with Crippen LogP contribution in [0.2, 0.25) is 0 Å². The van der Waals surface area contributed by atoms with Crippen LogP contribution in [0.4, 0.5) is 20.3 Å². The molecule has 3 aromatic rings. The fraction of sp³-hybridized carbons (Fsp3) is 0.125. The highest BCUT2D eigenvalue weighted by Gasteiger charge is 2.16. The van der Waals surface area contributed by atoms with Gasteiger partial charge in [0.15, 0.2) is 11.6 Å². The summed E-state index contributed by atoms with van der Waals surface area (Å²) in [6.07, 6.45) is 1.00. The lowest BCUT2D eigenvalue weighted by atomic mass is 10.3. The number of ether oxygens (including phenoxy) is 1. The first kappa shape index (κ1) is 15.7. The first-order valence-electron chi connectivity index (χ1n) is 6.98. The van der Waals surface area contributed by atoms with Gasteiger partial charge in [0.1, 0.15) is 17.2 Å². The minimum atomic E-state index is -0.546. The van der Waals surface area contributed by atoms with E-state index in [9.17, 15) is 13.6 Å². The Kier molecular flexibility index (Phi) is 4.28. The van der Waals surface area contributed by atoms with Gasteiger partial charge in [-0.05, 0) is 24.3 Å². The molecule has 0 N–H and O–H groups in total. The Morgan fingerprint density at radius 1 is 1.21 bits per heavy atom. The third-order valence-corrected chi connectivity index (χ3v) is 3.27. The molecule has 2 aromatic heterocycles. The van der Waals surface area contributed by atoms with E-state index in [0.717, 1.165) is 0 Å². The van der Waals surface area contributed by atoms with Crippen LogP contribution in [0.5, 0.6) is 0 Å². The molecule has 0 aliphatic heterocycles. The summed E-state index contributed by atoms with van der Waals surface area (Å²) in [7, 11) is 1.25. The molecule has 0 fully saturated rings. The molecule has 0 unspecified atom stereocenters. The predicted molar refractivity (Wildman–Crippen MR) is 81.4 cm³/mol. The standard InChI is InChI=1S/C16H12F2N4O2/c1-24-15(23)8-13-16(21-20-12-5-3-2-4-11(12)18)22-9-10(17)6-7-14(22)19-13/h2-7,9H,8H2,1H3. The number of carbonyl (C=O) groups is 1. The first-order valence-corrected chi connectivity index (χ1v) is 6.98. The lowest BCUT2D eigenvalue weighted by Gasteiger charge is -1.99. The number of esters is 1. The van der Waals surface area contributed by atoms with Gasteiger partial charge in [0.05, 0.1) is 19.2 Å². The molecule has 24 heavy (non-hydrogen) atoms. The minimum Gasteiger partial charge on any atom is -0.469 e. The molecule has 1 aromatic carbocycles. The number of pyridine rings is 1. The molecule has 6 nitrogen and oxygen atoms in total. The summed E-state index contributed by atoms with van der Waals surface area (Å²) in [6.45, 7) is 0. The molecule has 0 saturated carbocycles. The van der Waals surface area contributed by atoms with Crippen LogP contribution in [-0.2, 0) is 16.0 Å². The zero-order valence-electron chi connectivity index (χ0n) is 12.6. The average molecular weight is 330 g/mol. The maximum absolute atomic E-state index is 13.7. The van der Waals surface area contributed by atoms with Crippen molar-refractivity contribution in [3.8, 4) is 0 Å². The van der Waals surface area contributed by atoms with Crippen LogP contribution in [0.25, 0.3) is 5.65 Å². The largest absolute Gasteiger partial charge is 0.469 e. The van der Waals surface area contributed by atoms with Crippen molar-refractivity contribution in [1.82, 2.24) is 9.38 Å². The molecule has 122 valence electrons. The summed E-state index contributed by atoms with van der Waals surface area (Å²) in [4.78, 5) is 15.8. The summed E-state index contributed by atoms with van der Waals surface area (Å²) in [5.74, 6) is -1.44. The van der Waals surface area contributed by atoms with Crippen molar-refractivity contribution >= 4 is 23.1 Å². The van der Waals surface area contributed by atoms with Crippen molar-refractivity contribution in [2.45, 2.75) is 6.42 Å².